The average Bonchev–Trinajstić information content (AvgIpc) is 2.32. The summed E-state index contributed by atoms with van der Waals surface area (Å²) >= 11 is 5.87. The van der Waals surface area contributed by atoms with E-state index in [4.69, 9.17) is 16.7 Å². The average molecular weight is 252 g/mol. The number of aliphatic hydroxyl groups excluding tert-OH is 1. The summed E-state index contributed by atoms with van der Waals surface area (Å²) in [5.41, 5.74) is 0.445. The van der Waals surface area contributed by atoms with Crippen LogP contribution in [0, 0.1) is 17.2 Å². The number of halogens is 1. The summed E-state index contributed by atoms with van der Waals surface area (Å²) < 4.78 is 0. The Kier molecular flexibility index (Phi) is 4.99. The van der Waals surface area contributed by atoms with Crippen LogP contribution < -0.4 is 0 Å². The van der Waals surface area contributed by atoms with E-state index in [0.717, 1.165) is 5.56 Å². The second-order valence-corrected chi connectivity index (χ2v) is 5.01. The molecule has 0 bridgehead atoms. The molecular formula is C14H18ClNO. The SMILES string of the molecule is CC(C)C(C#N)(CCCO)c1ccc(Cl)cc1. The molecule has 2 nitrogen and oxygen atoms in total. The number of nitrogens with zero attached hydrogens (tertiary/aromatic N) is 1. The summed E-state index contributed by atoms with van der Waals surface area (Å²) in [7, 11) is 0. The van der Waals surface area contributed by atoms with Gasteiger partial charge < -0.3 is 5.11 Å². The summed E-state index contributed by atoms with van der Waals surface area (Å²) in [5, 5.41) is 19.2. The molecule has 0 heterocycles. The fraction of sp³-hybridized carbons (Fsp3) is 0.500. The van der Waals surface area contributed by atoms with E-state index in [9.17, 15) is 5.26 Å². The van der Waals surface area contributed by atoms with Crippen molar-refractivity contribution in [3.05, 3.63) is 34.9 Å². The molecule has 0 aromatic heterocycles. The quantitative estimate of drug-likeness (QED) is 0.870. The Bertz CT molecular complexity index is 394. The molecule has 0 aliphatic carbocycles. The largest absolute Gasteiger partial charge is 0.396 e. The van der Waals surface area contributed by atoms with E-state index < -0.39 is 5.41 Å². The van der Waals surface area contributed by atoms with Gasteiger partial charge in [-0.25, -0.2) is 0 Å². The van der Waals surface area contributed by atoms with Gasteiger partial charge in [-0.3, -0.25) is 0 Å². The van der Waals surface area contributed by atoms with E-state index in [1.165, 1.54) is 0 Å². The summed E-state index contributed by atoms with van der Waals surface area (Å²) in [6, 6.07) is 9.86. The van der Waals surface area contributed by atoms with Crippen molar-refractivity contribution in [3.8, 4) is 6.07 Å². The van der Waals surface area contributed by atoms with E-state index in [0.29, 0.717) is 17.9 Å². The van der Waals surface area contributed by atoms with E-state index in [2.05, 4.69) is 6.07 Å². The third-order valence-corrected chi connectivity index (χ3v) is 3.53. The first-order valence-electron chi connectivity index (χ1n) is 5.85. The maximum absolute atomic E-state index is 9.53. The minimum absolute atomic E-state index is 0.115. The molecule has 3 heteroatoms. The lowest BCUT2D eigenvalue weighted by molar-refractivity contribution is 0.257. The second-order valence-electron chi connectivity index (χ2n) is 4.57. The Balaban J connectivity index is 3.13. The van der Waals surface area contributed by atoms with Gasteiger partial charge in [0.2, 0.25) is 0 Å². The highest BCUT2D eigenvalue weighted by Gasteiger charge is 2.35. The zero-order valence-corrected chi connectivity index (χ0v) is 11.0. The normalized spacial score (nSPS) is 14.4. The highest BCUT2D eigenvalue weighted by Crippen LogP contribution is 2.36. The van der Waals surface area contributed by atoms with Gasteiger partial charge in [0.05, 0.1) is 11.5 Å². The number of hydrogen-bond acceptors (Lipinski definition) is 2. The molecule has 1 aromatic rings. The molecule has 1 rings (SSSR count). The second kappa shape index (κ2) is 6.05. The number of hydrogen-bond donors (Lipinski definition) is 1. The lowest BCUT2D eigenvalue weighted by Crippen LogP contribution is -2.31. The highest BCUT2D eigenvalue weighted by molar-refractivity contribution is 6.30. The van der Waals surface area contributed by atoms with Crippen molar-refractivity contribution in [2.75, 3.05) is 6.61 Å². The van der Waals surface area contributed by atoms with Crippen LogP contribution in [0.25, 0.3) is 0 Å². The molecule has 0 aliphatic rings. The summed E-state index contributed by atoms with van der Waals surface area (Å²) in [6.07, 6.45) is 1.30. The molecule has 1 aromatic carbocycles. The van der Waals surface area contributed by atoms with E-state index >= 15 is 0 Å². The standard InChI is InChI=1S/C14H18ClNO/c1-11(2)14(10-16,8-3-9-17)12-4-6-13(15)7-5-12/h4-7,11,17H,3,8-9H2,1-2H3. The highest BCUT2D eigenvalue weighted by atomic mass is 35.5. The van der Waals surface area contributed by atoms with Crippen molar-refractivity contribution >= 4 is 11.6 Å². The van der Waals surface area contributed by atoms with Gasteiger partial charge in [0.15, 0.2) is 0 Å². The van der Waals surface area contributed by atoms with Crippen molar-refractivity contribution in [1.29, 1.82) is 5.26 Å². The topological polar surface area (TPSA) is 44.0 Å². The zero-order valence-electron chi connectivity index (χ0n) is 10.3. The Morgan fingerprint density at radius 3 is 2.35 bits per heavy atom. The number of nitriles is 1. The molecule has 0 spiro atoms. The zero-order chi connectivity index (χ0) is 12.9. The molecule has 17 heavy (non-hydrogen) atoms. The van der Waals surface area contributed by atoms with Crippen molar-refractivity contribution in [3.63, 3.8) is 0 Å². The predicted molar refractivity (Wildman–Crippen MR) is 69.9 cm³/mol. The Morgan fingerprint density at radius 2 is 1.94 bits per heavy atom. The van der Waals surface area contributed by atoms with Gasteiger partial charge in [-0.1, -0.05) is 37.6 Å². The minimum atomic E-state index is -0.534. The lowest BCUT2D eigenvalue weighted by atomic mass is 9.70. The molecule has 0 fully saturated rings. The molecule has 0 amide bonds. The van der Waals surface area contributed by atoms with Crippen LogP contribution in [0.5, 0.6) is 0 Å². The van der Waals surface area contributed by atoms with E-state index in [1.54, 1.807) is 0 Å². The summed E-state index contributed by atoms with van der Waals surface area (Å²) in [5.74, 6) is 0.195. The maximum atomic E-state index is 9.53. The first-order chi connectivity index (χ1) is 8.06. The van der Waals surface area contributed by atoms with Crippen molar-refractivity contribution in [2.24, 2.45) is 5.92 Å². The molecular weight excluding hydrogens is 234 g/mol. The molecule has 0 aliphatic heterocycles. The number of benzene rings is 1. The van der Waals surface area contributed by atoms with Crippen LogP contribution >= 0.6 is 11.6 Å². The van der Waals surface area contributed by atoms with Crippen LogP contribution in [0.4, 0.5) is 0 Å². The molecule has 1 N–H and O–H groups in total. The van der Waals surface area contributed by atoms with Gasteiger partial charge in [0, 0.05) is 11.6 Å². The molecule has 1 atom stereocenters. The molecule has 0 saturated heterocycles. The van der Waals surface area contributed by atoms with Crippen LogP contribution in [0.3, 0.4) is 0 Å². The maximum Gasteiger partial charge on any atom is 0.0846 e. The van der Waals surface area contributed by atoms with Gasteiger partial charge in [-0.15, -0.1) is 0 Å². The smallest absolute Gasteiger partial charge is 0.0846 e. The van der Waals surface area contributed by atoms with Gasteiger partial charge in [0.1, 0.15) is 0 Å². The van der Waals surface area contributed by atoms with E-state index in [-0.39, 0.29) is 12.5 Å². The van der Waals surface area contributed by atoms with E-state index in [1.807, 2.05) is 38.1 Å². The predicted octanol–water partition coefficient (Wildman–Crippen LogP) is 3.53. The van der Waals surface area contributed by atoms with Crippen LogP contribution in [0.2, 0.25) is 5.02 Å². The Hall–Kier alpha value is -1.04. The Morgan fingerprint density at radius 1 is 1.35 bits per heavy atom. The fourth-order valence-electron chi connectivity index (χ4n) is 2.12. The van der Waals surface area contributed by atoms with Crippen molar-refractivity contribution in [1.82, 2.24) is 0 Å². The molecule has 1 unspecified atom stereocenters. The van der Waals surface area contributed by atoms with Gasteiger partial charge in [-0.05, 0) is 36.5 Å². The van der Waals surface area contributed by atoms with Crippen molar-refractivity contribution in [2.45, 2.75) is 32.1 Å². The summed E-state index contributed by atoms with van der Waals surface area (Å²) in [4.78, 5) is 0. The minimum Gasteiger partial charge on any atom is -0.396 e. The van der Waals surface area contributed by atoms with Crippen molar-refractivity contribution < 1.29 is 5.11 Å². The fourth-order valence-corrected chi connectivity index (χ4v) is 2.25. The number of aliphatic hydroxyl groups is 1. The van der Waals surface area contributed by atoms with Crippen LogP contribution in [0.15, 0.2) is 24.3 Å². The first-order valence-corrected chi connectivity index (χ1v) is 6.23. The van der Waals surface area contributed by atoms with Gasteiger partial charge in [-0.2, -0.15) is 5.26 Å². The Labute approximate surface area is 108 Å². The van der Waals surface area contributed by atoms with Gasteiger partial charge in [0.25, 0.3) is 0 Å². The summed E-state index contributed by atoms with van der Waals surface area (Å²) in [6.45, 7) is 4.19. The van der Waals surface area contributed by atoms with Gasteiger partial charge >= 0.3 is 0 Å². The number of rotatable bonds is 5. The monoisotopic (exact) mass is 251 g/mol. The lowest BCUT2D eigenvalue weighted by Gasteiger charge is -2.31. The van der Waals surface area contributed by atoms with Crippen LogP contribution in [-0.4, -0.2) is 11.7 Å². The first kappa shape index (κ1) is 14.0. The third kappa shape index (κ3) is 3.00. The molecule has 92 valence electrons. The molecule has 0 radical (unpaired) electrons. The third-order valence-electron chi connectivity index (χ3n) is 3.27. The molecule has 0 saturated carbocycles. The van der Waals surface area contributed by atoms with Crippen LogP contribution in [-0.2, 0) is 5.41 Å². The van der Waals surface area contributed by atoms with Crippen LogP contribution in [0.1, 0.15) is 32.3 Å².